The molecule has 1 aromatic carbocycles. The lowest BCUT2D eigenvalue weighted by atomic mass is 10.1. The molecule has 2 aromatic rings. The molecule has 0 aliphatic carbocycles. The highest BCUT2D eigenvalue weighted by molar-refractivity contribution is 7.89. The summed E-state index contributed by atoms with van der Waals surface area (Å²) in [7, 11) is 3.20. The Labute approximate surface area is 174 Å². The smallest absolute Gasteiger partial charge is 0.242 e. The minimum Gasteiger partial charge on any atom is -0.354 e. The molecule has 0 saturated carbocycles. The van der Waals surface area contributed by atoms with Crippen LogP contribution in [0, 0.1) is 13.8 Å². The molecule has 0 radical (unpaired) electrons. The summed E-state index contributed by atoms with van der Waals surface area (Å²) in [5.41, 5.74) is 4.10. The van der Waals surface area contributed by atoms with E-state index in [4.69, 9.17) is 0 Å². The molecule has 8 nitrogen and oxygen atoms in total. The molecule has 0 aliphatic heterocycles. The number of guanidine groups is 1. The molecule has 0 fully saturated rings. The van der Waals surface area contributed by atoms with Crippen LogP contribution in [0.15, 0.2) is 34.2 Å². The number of nitrogens with zero attached hydrogens (tertiary/aromatic N) is 4. The molecule has 2 rings (SSSR count). The van der Waals surface area contributed by atoms with Crippen molar-refractivity contribution >= 4 is 16.0 Å². The van der Waals surface area contributed by atoms with Crippen molar-refractivity contribution in [3.05, 3.63) is 46.8 Å². The van der Waals surface area contributed by atoms with Crippen molar-refractivity contribution in [2.24, 2.45) is 12.0 Å². The minimum absolute atomic E-state index is 0.128. The first kappa shape index (κ1) is 22.9. The number of aromatic nitrogens is 2. The SMILES string of the molecule is CN=C(NCc1ccccc1S(=O)(=O)N(C)C)NC(C)Cc1c(C)nn(C)c1C. The number of hydrogen-bond donors (Lipinski definition) is 2. The number of aryl methyl sites for hydroxylation is 2. The highest BCUT2D eigenvalue weighted by Gasteiger charge is 2.21. The monoisotopic (exact) mass is 420 g/mol. The average molecular weight is 421 g/mol. The van der Waals surface area contributed by atoms with E-state index in [9.17, 15) is 8.42 Å². The van der Waals surface area contributed by atoms with E-state index in [0.717, 1.165) is 17.8 Å². The zero-order valence-electron chi connectivity index (χ0n) is 18.3. The van der Waals surface area contributed by atoms with Gasteiger partial charge in [0, 0.05) is 46.5 Å². The maximum atomic E-state index is 12.6. The lowest BCUT2D eigenvalue weighted by molar-refractivity contribution is 0.519. The van der Waals surface area contributed by atoms with Gasteiger partial charge >= 0.3 is 0 Å². The van der Waals surface area contributed by atoms with Crippen LogP contribution in [-0.2, 0) is 30.0 Å². The van der Waals surface area contributed by atoms with E-state index >= 15 is 0 Å². The van der Waals surface area contributed by atoms with Gasteiger partial charge in [0.25, 0.3) is 0 Å². The number of benzene rings is 1. The maximum absolute atomic E-state index is 12.6. The molecule has 0 aliphatic rings. The maximum Gasteiger partial charge on any atom is 0.242 e. The fraction of sp³-hybridized carbons (Fsp3) is 0.500. The van der Waals surface area contributed by atoms with Crippen molar-refractivity contribution in [3.8, 4) is 0 Å². The number of sulfonamides is 1. The van der Waals surface area contributed by atoms with Crippen LogP contribution >= 0.6 is 0 Å². The average Bonchev–Trinajstić information content (AvgIpc) is 2.91. The molecule has 1 atom stereocenters. The van der Waals surface area contributed by atoms with Crippen LogP contribution in [-0.4, -0.2) is 55.6 Å². The Hall–Kier alpha value is -2.39. The highest BCUT2D eigenvalue weighted by Crippen LogP contribution is 2.18. The van der Waals surface area contributed by atoms with Crippen molar-refractivity contribution in [2.45, 2.75) is 44.7 Å². The summed E-state index contributed by atoms with van der Waals surface area (Å²) >= 11 is 0. The Morgan fingerprint density at radius 2 is 1.93 bits per heavy atom. The van der Waals surface area contributed by atoms with Gasteiger partial charge in [-0.1, -0.05) is 18.2 Å². The van der Waals surface area contributed by atoms with Crippen LogP contribution in [0.2, 0.25) is 0 Å². The third kappa shape index (κ3) is 5.36. The van der Waals surface area contributed by atoms with Crippen molar-refractivity contribution in [1.29, 1.82) is 0 Å². The first-order valence-corrected chi connectivity index (χ1v) is 11.0. The zero-order valence-corrected chi connectivity index (χ0v) is 19.1. The second-order valence-corrected chi connectivity index (χ2v) is 9.46. The summed E-state index contributed by atoms with van der Waals surface area (Å²) in [4.78, 5) is 4.57. The van der Waals surface area contributed by atoms with Gasteiger partial charge in [0.15, 0.2) is 5.96 Å². The van der Waals surface area contributed by atoms with Crippen molar-refractivity contribution in [1.82, 2.24) is 24.7 Å². The van der Waals surface area contributed by atoms with E-state index < -0.39 is 10.0 Å². The zero-order chi connectivity index (χ0) is 21.8. The van der Waals surface area contributed by atoms with Crippen molar-refractivity contribution in [3.63, 3.8) is 0 Å². The molecule has 29 heavy (non-hydrogen) atoms. The van der Waals surface area contributed by atoms with Gasteiger partial charge in [-0.2, -0.15) is 5.10 Å². The standard InChI is InChI=1S/C20H32N6O2S/c1-14(12-18-15(2)24-26(7)16(18)3)23-20(21-4)22-13-17-10-8-9-11-19(17)29(27,28)25(5)6/h8-11,14H,12-13H2,1-7H3,(H2,21,22,23). The molecule has 2 N–H and O–H groups in total. The van der Waals surface area contributed by atoms with Crippen LogP contribution in [0.4, 0.5) is 0 Å². The van der Waals surface area contributed by atoms with Gasteiger partial charge in [0.2, 0.25) is 10.0 Å². The fourth-order valence-electron chi connectivity index (χ4n) is 3.18. The summed E-state index contributed by atoms with van der Waals surface area (Å²) in [5, 5.41) is 11.1. The van der Waals surface area contributed by atoms with Gasteiger partial charge in [0.05, 0.1) is 10.6 Å². The van der Waals surface area contributed by atoms with Gasteiger partial charge in [-0.3, -0.25) is 9.67 Å². The van der Waals surface area contributed by atoms with E-state index in [1.54, 1.807) is 19.2 Å². The normalized spacial score (nSPS) is 13.6. The third-order valence-electron chi connectivity index (χ3n) is 4.95. The summed E-state index contributed by atoms with van der Waals surface area (Å²) in [5.74, 6) is 0.619. The number of nitrogens with one attached hydrogen (secondary N) is 2. The molecular weight excluding hydrogens is 388 g/mol. The second kappa shape index (κ2) is 9.41. The summed E-state index contributed by atoms with van der Waals surface area (Å²) < 4.78 is 28.2. The molecule has 0 amide bonds. The Balaban J connectivity index is 2.07. The molecule has 160 valence electrons. The largest absolute Gasteiger partial charge is 0.354 e. The number of aliphatic imine (C=N–C) groups is 1. The van der Waals surface area contributed by atoms with E-state index in [1.807, 2.05) is 30.8 Å². The van der Waals surface area contributed by atoms with Crippen LogP contribution in [0.25, 0.3) is 0 Å². The molecule has 1 unspecified atom stereocenters. The molecular formula is C20H32N6O2S. The van der Waals surface area contributed by atoms with Crippen LogP contribution in [0.5, 0.6) is 0 Å². The van der Waals surface area contributed by atoms with Gasteiger partial charge < -0.3 is 10.6 Å². The van der Waals surface area contributed by atoms with Gasteiger partial charge in [-0.05, 0) is 44.4 Å². The third-order valence-corrected chi connectivity index (χ3v) is 6.87. The van der Waals surface area contributed by atoms with Crippen molar-refractivity contribution in [2.75, 3.05) is 21.1 Å². The molecule has 1 heterocycles. The van der Waals surface area contributed by atoms with Gasteiger partial charge in [0.1, 0.15) is 0 Å². The molecule has 1 aromatic heterocycles. The topological polar surface area (TPSA) is 91.6 Å². The van der Waals surface area contributed by atoms with Crippen LogP contribution in [0.1, 0.15) is 29.4 Å². The molecule has 9 heteroatoms. The Morgan fingerprint density at radius 3 is 2.48 bits per heavy atom. The predicted octanol–water partition coefficient (Wildman–Crippen LogP) is 1.58. The van der Waals surface area contributed by atoms with Crippen LogP contribution in [0.3, 0.4) is 0 Å². The number of hydrogen-bond acceptors (Lipinski definition) is 4. The van der Waals surface area contributed by atoms with Gasteiger partial charge in [-0.15, -0.1) is 0 Å². The number of rotatable bonds is 7. The Morgan fingerprint density at radius 1 is 1.28 bits per heavy atom. The molecule has 0 spiro atoms. The Bertz CT molecular complexity index is 979. The first-order chi connectivity index (χ1) is 13.6. The van der Waals surface area contributed by atoms with E-state index in [1.165, 1.54) is 24.0 Å². The van der Waals surface area contributed by atoms with Crippen LogP contribution < -0.4 is 10.6 Å². The van der Waals surface area contributed by atoms with E-state index in [2.05, 4.69) is 34.6 Å². The first-order valence-electron chi connectivity index (χ1n) is 9.54. The second-order valence-electron chi connectivity index (χ2n) is 7.34. The van der Waals surface area contributed by atoms with Gasteiger partial charge in [-0.25, -0.2) is 12.7 Å². The summed E-state index contributed by atoms with van der Waals surface area (Å²) in [6, 6.07) is 7.12. The van der Waals surface area contributed by atoms with E-state index in [0.29, 0.717) is 23.0 Å². The lowest BCUT2D eigenvalue weighted by Crippen LogP contribution is -2.43. The summed E-state index contributed by atoms with van der Waals surface area (Å²) in [6.07, 6.45) is 0.817. The molecule has 0 saturated heterocycles. The molecule has 0 bridgehead atoms. The van der Waals surface area contributed by atoms with Crippen molar-refractivity contribution < 1.29 is 8.42 Å². The Kier molecular flexibility index (Phi) is 7.43. The highest BCUT2D eigenvalue weighted by atomic mass is 32.2. The minimum atomic E-state index is -3.51. The lowest BCUT2D eigenvalue weighted by Gasteiger charge is -2.20. The summed E-state index contributed by atoms with van der Waals surface area (Å²) in [6.45, 7) is 6.52. The quantitative estimate of drug-likeness (QED) is 0.524. The van der Waals surface area contributed by atoms with E-state index in [-0.39, 0.29) is 6.04 Å². The fourth-order valence-corrected chi connectivity index (χ4v) is 4.29. The predicted molar refractivity (Wildman–Crippen MR) is 116 cm³/mol.